The summed E-state index contributed by atoms with van der Waals surface area (Å²) >= 11 is 1.39. The molecule has 2 bridgehead atoms. The number of urea groups is 1. The molecule has 2 amide bonds. The number of hydrogen-bond donors (Lipinski definition) is 1. The van der Waals surface area contributed by atoms with E-state index in [-0.39, 0.29) is 18.1 Å². The van der Waals surface area contributed by atoms with Crippen molar-refractivity contribution in [3.05, 3.63) is 16.1 Å². The Bertz CT molecular complexity index is 445. The first-order valence-electron chi connectivity index (χ1n) is 4.86. The van der Waals surface area contributed by atoms with Gasteiger partial charge in [-0.05, 0) is 25.4 Å². The van der Waals surface area contributed by atoms with Crippen LogP contribution in [0.15, 0.2) is 0 Å². The highest BCUT2D eigenvalue weighted by Gasteiger charge is 2.47. The van der Waals surface area contributed by atoms with Gasteiger partial charge in [-0.3, -0.25) is 5.21 Å². The van der Waals surface area contributed by atoms with Crippen LogP contribution in [0.1, 0.15) is 35.1 Å². The molecule has 2 atom stereocenters. The normalized spacial score (nSPS) is 28.6. The Labute approximate surface area is 91.0 Å². The second kappa shape index (κ2) is 2.70. The third-order valence-electron chi connectivity index (χ3n) is 3.23. The van der Waals surface area contributed by atoms with Crippen molar-refractivity contribution in [2.75, 3.05) is 6.54 Å². The van der Waals surface area contributed by atoms with Crippen molar-refractivity contribution in [1.29, 1.82) is 0 Å². The van der Waals surface area contributed by atoms with Crippen LogP contribution in [0.3, 0.4) is 0 Å². The molecule has 0 spiro atoms. The van der Waals surface area contributed by atoms with Gasteiger partial charge in [0.1, 0.15) is 6.04 Å². The smallest absolute Gasteiger partial charge is 0.313 e. The van der Waals surface area contributed by atoms with Gasteiger partial charge in [0.15, 0.2) is 0 Å². The number of hydroxylamine groups is 2. The van der Waals surface area contributed by atoms with E-state index in [2.05, 4.69) is 4.37 Å². The summed E-state index contributed by atoms with van der Waals surface area (Å²) in [4.78, 5) is 14.4. The molecule has 1 aromatic rings. The predicted octanol–water partition coefficient (Wildman–Crippen LogP) is 1.69. The van der Waals surface area contributed by atoms with Crippen LogP contribution in [0.4, 0.5) is 4.79 Å². The van der Waals surface area contributed by atoms with E-state index in [1.807, 2.05) is 13.8 Å². The van der Waals surface area contributed by atoms with E-state index in [1.165, 1.54) is 11.5 Å². The summed E-state index contributed by atoms with van der Waals surface area (Å²) in [5.74, 6) is 0. The second-order valence-corrected chi connectivity index (χ2v) is 4.82. The van der Waals surface area contributed by atoms with E-state index < -0.39 is 0 Å². The van der Waals surface area contributed by atoms with E-state index in [1.54, 1.807) is 4.90 Å². The van der Waals surface area contributed by atoms with Crippen molar-refractivity contribution in [1.82, 2.24) is 14.3 Å². The van der Waals surface area contributed by atoms with E-state index >= 15 is 0 Å². The molecule has 0 aliphatic carbocycles. The lowest BCUT2D eigenvalue weighted by molar-refractivity contribution is -0.0578. The minimum Gasteiger partial charge on any atom is -0.313 e. The molecule has 0 radical (unpaired) electrons. The third-order valence-corrected chi connectivity index (χ3v) is 4.28. The fourth-order valence-electron chi connectivity index (χ4n) is 2.42. The van der Waals surface area contributed by atoms with Crippen molar-refractivity contribution in [3.8, 4) is 0 Å². The number of rotatable bonds is 0. The largest absolute Gasteiger partial charge is 0.345 e. The average molecular weight is 225 g/mol. The molecule has 15 heavy (non-hydrogen) atoms. The SMILES string of the molecule is Cc1nsc2c1C(C)N1CC2N(O)C1=O. The maximum absolute atomic E-state index is 11.7. The molecule has 0 saturated carbocycles. The van der Waals surface area contributed by atoms with Gasteiger partial charge in [-0.1, -0.05) is 0 Å². The van der Waals surface area contributed by atoms with Crippen LogP contribution in [0.2, 0.25) is 0 Å². The summed E-state index contributed by atoms with van der Waals surface area (Å²) in [7, 11) is 0. The summed E-state index contributed by atoms with van der Waals surface area (Å²) in [6.07, 6.45) is 0. The van der Waals surface area contributed by atoms with Crippen LogP contribution in [0.5, 0.6) is 0 Å². The molecule has 1 N–H and O–H groups in total. The number of hydrogen-bond acceptors (Lipinski definition) is 4. The number of aromatic nitrogens is 1. The third kappa shape index (κ3) is 0.955. The summed E-state index contributed by atoms with van der Waals surface area (Å²) in [6.45, 7) is 4.50. The predicted molar refractivity (Wildman–Crippen MR) is 53.7 cm³/mol. The zero-order chi connectivity index (χ0) is 10.7. The van der Waals surface area contributed by atoms with E-state index in [4.69, 9.17) is 0 Å². The van der Waals surface area contributed by atoms with Crippen LogP contribution in [0, 0.1) is 6.92 Å². The fourth-order valence-corrected chi connectivity index (χ4v) is 3.47. The van der Waals surface area contributed by atoms with Crippen LogP contribution >= 0.6 is 11.5 Å². The Morgan fingerprint density at radius 2 is 2.33 bits per heavy atom. The number of carbonyl (C=O) groups excluding carboxylic acids is 1. The summed E-state index contributed by atoms with van der Waals surface area (Å²) in [5, 5.41) is 10.5. The van der Waals surface area contributed by atoms with Crippen LogP contribution in [-0.4, -0.2) is 32.1 Å². The Kier molecular flexibility index (Phi) is 1.64. The first-order chi connectivity index (χ1) is 7.11. The van der Waals surface area contributed by atoms with Gasteiger partial charge in [0.05, 0.1) is 23.2 Å². The van der Waals surface area contributed by atoms with Crippen LogP contribution in [-0.2, 0) is 0 Å². The summed E-state index contributed by atoms with van der Waals surface area (Å²) < 4.78 is 4.29. The summed E-state index contributed by atoms with van der Waals surface area (Å²) in [6, 6.07) is -0.482. The number of carbonyl (C=O) groups is 1. The number of amides is 2. The van der Waals surface area contributed by atoms with Crippen molar-refractivity contribution >= 4 is 17.6 Å². The maximum atomic E-state index is 11.7. The zero-order valence-electron chi connectivity index (χ0n) is 8.47. The van der Waals surface area contributed by atoms with Crippen molar-refractivity contribution < 1.29 is 10.0 Å². The van der Waals surface area contributed by atoms with Crippen molar-refractivity contribution in [3.63, 3.8) is 0 Å². The molecule has 80 valence electrons. The highest BCUT2D eigenvalue weighted by Crippen LogP contribution is 2.45. The molecule has 1 saturated heterocycles. The minimum atomic E-state index is -0.296. The molecular formula is C9H11N3O2S. The quantitative estimate of drug-likeness (QED) is 0.684. The molecule has 5 nitrogen and oxygen atoms in total. The monoisotopic (exact) mass is 225 g/mol. The van der Waals surface area contributed by atoms with Crippen LogP contribution < -0.4 is 0 Å². The molecule has 2 aliphatic heterocycles. The van der Waals surface area contributed by atoms with Crippen LogP contribution in [0.25, 0.3) is 0 Å². The standard InChI is InChI=1S/C9H11N3O2S/c1-4-7-5(2)11-3-6(8(7)15-10-4)12(14)9(11)13/h5-6,14H,3H2,1-2H3. The van der Waals surface area contributed by atoms with Gasteiger partial charge in [-0.2, -0.15) is 9.44 Å². The molecule has 1 fully saturated rings. The minimum absolute atomic E-state index is 0.0275. The average Bonchev–Trinajstić information content (AvgIpc) is 2.70. The van der Waals surface area contributed by atoms with Gasteiger partial charge in [-0.25, -0.2) is 4.79 Å². The van der Waals surface area contributed by atoms with E-state index in [0.717, 1.165) is 21.2 Å². The van der Waals surface area contributed by atoms with Gasteiger partial charge < -0.3 is 4.90 Å². The van der Waals surface area contributed by atoms with Crippen molar-refractivity contribution in [2.45, 2.75) is 25.9 Å². The van der Waals surface area contributed by atoms with E-state index in [9.17, 15) is 10.0 Å². The number of nitrogens with zero attached hydrogens (tertiary/aromatic N) is 3. The second-order valence-electron chi connectivity index (χ2n) is 4.02. The number of aryl methyl sites for hydroxylation is 1. The highest BCUT2D eigenvalue weighted by molar-refractivity contribution is 7.06. The zero-order valence-corrected chi connectivity index (χ0v) is 9.28. The lowest BCUT2D eigenvalue weighted by Gasteiger charge is -2.27. The Hall–Kier alpha value is -1.14. The first kappa shape index (κ1) is 9.11. The molecule has 2 unspecified atom stereocenters. The first-order valence-corrected chi connectivity index (χ1v) is 5.63. The molecule has 0 aromatic carbocycles. The molecule has 3 heterocycles. The molecule has 6 heteroatoms. The molecular weight excluding hydrogens is 214 g/mol. The lowest BCUT2D eigenvalue weighted by Crippen LogP contribution is -2.32. The molecule has 3 rings (SSSR count). The van der Waals surface area contributed by atoms with Gasteiger partial charge in [0.25, 0.3) is 0 Å². The molecule has 2 aliphatic rings. The van der Waals surface area contributed by atoms with Gasteiger partial charge in [0, 0.05) is 5.56 Å². The molecule has 1 aromatic heterocycles. The van der Waals surface area contributed by atoms with Gasteiger partial charge in [0.2, 0.25) is 0 Å². The Morgan fingerprint density at radius 3 is 3.07 bits per heavy atom. The Balaban J connectivity index is 2.20. The van der Waals surface area contributed by atoms with Gasteiger partial charge in [-0.15, -0.1) is 0 Å². The lowest BCUT2D eigenvalue weighted by atomic mass is 9.98. The van der Waals surface area contributed by atoms with E-state index in [0.29, 0.717) is 6.54 Å². The fraction of sp³-hybridized carbons (Fsp3) is 0.556. The highest BCUT2D eigenvalue weighted by atomic mass is 32.1. The maximum Gasteiger partial charge on any atom is 0.345 e. The van der Waals surface area contributed by atoms with Crippen molar-refractivity contribution in [2.24, 2.45) is 0 Å². The summed E-state index contributed by atoms with van der Waals surface area (Å²) in [5.41, 5.74) is 2.08. The van der Waals surface area contributed by atoms with Gasteiger partial charge >= 0.3 is 6.03 Å². The Morgan fingerprint density at radius 1 is 1.60 bits per heavy atom. The topological polar surface area (TPSA) is 56.7 Å². The number of fused-ring (bicyclic) bond motifs is 4.